The van der Waals surface area contributed by atoms with Crippen LogP contribution in [0.5, 0.6) is 0 Å². The molecule has 0 aliphatic heterocycles. The van der Waals surface area contributed by atoms with Crippen LogP contribution in [0.2, 0.25) is 0 Å². The number of fused-ring (bicyclic) bond motifs is 16. The van der Waals surface area contributed by atoms with Crippen molar-refractivity contribution >= 4 is 48.6 Å². The maximum absolute atomic E-state index is 2.47. The second-order valence-electron chi connectivity index (χ2n) is 16.7. The minimum Gasteiger partial charge on any atom is -0.310 e. The van der Waals surface area contributed by atoms with Gasteiger partial charge in [0.05, 0.1) is 5.41 Å². The Hall–Kier alpha value is -7.78. The van der Waals surface area contributed by atoms with E-state index in [1.54, 1.807) is 0 Å². The van der Waals surface area contributed by atoms with Crippen LogP contribution < -0.4 is 4.90 Å². The molecule has 13 rings (SSSR count). The average molecular weight is 818 g/mol. The standard InChI is InChI=1S/C61H39NS/c1-3-15-40(16-4-1)42-27-31-44(32-28-42)62(45-33-29-43(30-34-45)41-17-5-2-6-18-41)46-35-36-55-52(39-46)48-20-8-7-19-47(48)49-21-9-12-24-53(49)61(55)54-25-13-10-22-50(54)59-56(61)37-38-58-60(59)51-23-11-14-26-57(51)63-58/h1-39H. The Labute approximate surface area is 371 Å². The van der Waals surface area contributed by atoms with E-state index in [4.69, 9.17) is 0 Å². The van der Waals surface area contributed by atoms with Gasteiger partial charge in [-0.1, -0.05) is 188 Å². The molecule has 1 aromatic heterocycles. The normalized spacial score (nSPS) is 14.4. The first-order valence-electron chi connectivity index (χ1n) is 21.8. The number of nitrogens with zero attached hydrogens (tertiary/aromatic N) is 1. The van der Waals surface area contributed by atoms with E-state index in [1.165, 1.54) is 98.1 Å². The molecule has 0 amide bonds. The minimum absolute atomic E-state index is 0.577. The topological polar surface area (TPSA) is 3.24 Å². The monoisotopic (exact) mass is 817 g/mol. The SMILES string of the molecule is c1ccc(-c2ccc(N(c3ccc(-c4ccccc4)cc3)c3ccc4c(c3)-c3ccccc3-c3ccccc3C43c4ccccc4-c4c3ccc3sc5ccccc5c43)cc2)cc1. The van der Waals surface area contributed by atoms with Crippen LogP contribution >= 0.6 is 11.3 Å². The number of benzene rings is 10. The molecule has 2 aliphatic carbocycles. The first kappa shape index (κ1) is 35.9. The van der Waals surface area contributed by atoms with Gasteiger partial charge in [-0.25, -0.2) is 0 Å². The summed E-state index contributed by atoms with van der Waals surface area (Å²) in [7, 11) is 0. The molecule has 0 radical (unpaired) electrons. The maximum atomic E-state index is 2.47. The van der Waals surface area contributed by atoms with Crippen molar-refractivity contribution in [3.8, 4) is 55.6 Å². The molecule has 0 fully saturated rings. The highest BCUT2D eigenvalue weighted by Gasteiger charge is 2.50. The quantitative estimate of drug-likeness (QED) is 0.167. The lowest BCUT2D eigenvalue weighted by atomic mass is 9.66. The Morgan fingerprint density at radius 1 is 0.302 bits per heavy atom. The smallest absolute Gasteiger partial charge is 0.0725 e. The van der Waals surface area contributed by atoms with Crippen LogP contribution in [0, 0.1) is 0 Å². The summed E-state index contributed by atoms with van der Waals surface area (Å²) in [6.45, 7) is 0. The molecular formula is C61H39NS. The zero-order valence-electron chi connectivity index (χ0n) is 34.4. The van der Waals surface area contributed by atoms with Gasteiger partial charge in [-0.2, -0.15) is 0 Å². The van der Waals surface area contributed by atoms with E-state index in [0.29, 0.717) is 0 Å². The van der Waals surface area contributed by atoms with Crippen LogP contribution in [0.15, 0.2) is 237 Å². The number of rotatable bonds is 5. The lowest BCUT2D eigenvalue weighted by Gasteiger charge is -2.36. The van der Waals surface area contributed by atoms with E-state index in [1.807, 2.05) is 11.3 Å². The van der Waals surface area contributed by atoms with Gasteiger partial charge in [-0.3, -0.25) is 0 Å². The Bertz CT molecular complexity index is 3470. The largest absolute Gasteiger partial charge is 0.310 e. The molecule has 11 aromatic rings. The van der Waals surface area contributed by atoms with E-state index < -0.39 is 5.41 Å². The molecular weight excluding hydrogens is 779 g/mol. The lowest BCUT2D eigenvalue weighted by molar-refractivity contribution is 0.776. The highest BCUT2D eigenvalue weighted by atomic mass is 32.1. The average Bonchev–Trinajstić information content (AvgIpc) is 3.85. The Kier molecular flexibility index (Phi) is 8.06. The molecule has 0 N–H and O–H groups in total. The maximum Gasteiger partial charge on any atom is 0.0725 e. The molecule has 0 saturated heterocycles. The molecule has 10 aromatic carbocycles. The van der Waals surface area contributed by atoms with Gasteiger partial charge >= 0.3 is 0 Å². The molecule has 0 saturated carbocycles. The van der Waals surface area contributed by atoms with Crippen LogP contribution in [-0.2, 0) is 5.41 Å². The van der Waals surface area contributed by atoms with Crippen molar-refractivity contribution in [1.29, 1.82) is 0 Å². The molecule has 1 spiro atoms. The molecule has 1 heterocycles. The Morgan fingerprint density at radius 2 is 0.762 bits per heavy atom. The van der Waals surface area contributed by atoms with Crippen LogP contribution in [0.3, 0.4) is 0 Å². The van der Waals surface area contributed by atoms with Crippen LogP contribution in [-0.4, -0.2) is 0 Å². The second-order valence-corrected chi connectivity index (χ2v) is 17.8. The van der Waals surface area contributed by atoms with Gasteiger partial charge in [0.25, 0.3) is 0 Å². The summed E-state index contributed by atoms with van der Waals surface area (Å²) in [4.78, 5) is 2.43. The minimum atomic E-state index is -0.577. The fourth-order valence-corrected chi connectivity index (χ4v) is 12.0. The summed E-state index contributed by atoms with van der Waals surface area (Å²) in [6, 6.07) is 87.9. The first-order valence-corrected chi connectivity index (χ1v) is 22.6. The van der Waals surface area contributed by atoms with Crippen molar-refractivity contribution in [1.82, 2.24) is 0 Å². The molecule has 1 atom stereocenters. The summed E-state index contributed by atoms with van der Waals surface area (Å²) in [5.41, 5.74) is 20.5. The van der Waals surface area contributed by atoms with Crippen LogP contribution in [0.1, 0.15) is 22.3 Å². The van der Waals surface area contributed by atoms with Gasteiger partial charge in [-0.05, 0) is 126 Å². The predicted molar refractivity (Wildman–Crippen MR) is 267 cm³/mol. The molecule has 0 bridgehead atoms. The van der Waals surface area contributed by atoms with Crippen LogP contribution in [0.4, 0.5) is 17.1 Å². The van der Waals surface area contributed by atoms with Crippen molar-refractivity contribution in [3.05, 3.63) is 259 Å². The second kappa shape index (κ2) is 14.1. The zero-order valence-corrected chi connectivity index (χ0v) is 35.2. The van der Waals surface area contributed by atoms with Gasteiger partial charge in [0, 0.05) is 37.2 Å². The van der Waals surface area contributed by atoms with Gasteiger partial charge < -0.3 is 4.90 Å². The number of hydrogen-bond donors (Lipinski definition) is 0. The van der Waals surface area contributed by atoms with E-state index in [0.717, 1.165) is 17.1 Å². The molecule has 2 aliphatic rings. The highest BCUT2D eigenvalue weighted by Crippen LogP contribution is 2.63. The molecule has 1 nitrogen and oxygen atoms in total. The zero-order chi connectivity index (χ0) is 41.5. The fraction of sp³-hybridized carbons (Fsp3) is 0.0164. The third-order valence-corrected chi connectivity index (χ3v) is 14.7. The molecule has 63 heavy (non-hydrogen) atoms. The van der Waals surface area contributed by atoms with Gasteiger partial charge in [-0.15, -0.1) is 11.3 Å². The number of thiophene rings is 1. The summed E-state index contributed by atoms with van der Waals surface area (Å²) < 4.78 is 2.65. The molecule has 2 heteroatoms. The third-order valence-electron chi connectivity index (χ3n) is 13.5. The fourth-order valence-electron chi connectivity index (χ4n) is 10.8. The lowest BCUT2D eigenvalue weighted by Crippen LogP contribution is -2.29. The van der Waals surface area contributed by atoms with E-state index in [2.05, 4.69) is 241 Å². The van der Waals surface area contributed by atoms with Crippen molar-refractivity contribution in [2.45, 2.75) is 5.41 Å². The summed E-state index contributed by atoms with van der Waals surface area (Å²) >= 11 is 1.90. The van der Waals surface area contributed by atoms with E-state index in [9.17, 15) is 0 Å². The van der Waals surface area contributed by atoms with Gasteiger partial charge in [0.15, 0.2) is 0 Å². The number of hydrogen-bond acceptors (Lipinski definition) is 2. The summed E-state index contributed by atoms with van der Waals surface area (Å²) in [6.07, 6.45) is 0. The third kappa shape index (κ3) is 5.35. The Balaban J connectivity index is 1.09. The highest BCUT2D eigenvalue weighted by molar-refractivity contribution is 7.26. The number of anilines is 3. The summed E-state index contributed by atoms with van der Waals surface area (Å²) in [5.74, 6) is 0. The van der Waals surface area contributed by atoms with E-state index in [-0.39, 0.29) is 0 Å². The predicted octanol–water partition coefficient (Wildman–Crippen LogP) is 16.9. The van der Waals surface area contributed by atoms with Crippen molar-refractivity contribution in [2.75, 3.05) is 4.90 Å². The Morgan fingerprint density at radius 3 is 1.41 bits per heavy atom. The van der Waals surface area contributed by atoms with Crippen molar-refractivity contribution < 1.29 is 0 Å². The van der Waals surface area contributed by atoms with Crippen LogP contribution in [0.25, 0.3) is 75.8 Å². The van der Waals surface area contributed by atoms with Crippen molar-refractivity contribution in [3.63, 3.8) is 0 Å². The van der Waals surface area contributed by atoms with Gasteiger partial charge in [0.2, 0.25) is 0 Å². The van der Waals surface area contributed by atoms with Crippen molar-refractivity contribution in [2.24, 2.45) is 0 Å². The first-order chi connectivity index (χ1) is 31.3. The molecule has 1 unspecified atom stereocenters. The summed E-state index contributed by atoms with van der Waals surface area (Å²) in [5, 5.41) is 2.69. The van der Waals surface area contributed by atoms with Gasteiger partial charge in [0.1, 0.15) is 0 Å². The van der Waals surface area contributed by atoms with E-state index >= 15 is 0 Å². The molecule has 294 valence electrons.